The number of hydrogen-bond donors (Lipinski definition) is 1. The van der Waals surface area contributed by atoms with E-state index >= 15 is 0 Å². The van der Waals surface area contributed by atoms with Crippen LogP contribution < -0.4 is 0 Å². The quantitative estimate of drug-likeness (QED) is 0.698. The number of fused-ring (bicyclic) bond motifs is 1. The van der Waals surface area contributed by atoms with Gasteiger partial charge < -0.3 is 9.88 Å². The highest BCUT2D eigenvalue weighted by molar-refractivity contribution is 5.84. The lowest BCUT2D eigenvalue weighted by atomic mass is 10.1. The van der Waals surface area contributed by atoms with Crippen molar-refractivity contribution in [3.8, 4) is 0 Å². The van der Waals surface area contributed by atoms with Crippen LogP contribution in [0.2, 0.25) is 0 Å². The summed E-state index contributed by atoms with van der Waals surface area (Å²) in [5.41, 5.74) is 1.43. The monoisotopic (exact) mass is 360 g/mol. The van der Waals surface area contributed by atoms with Crippen molar-refractivity contribution in [2.24, 2.45) is 0 Å². The largest absolute Gasteiger partial charge is 0.416 e. The van der Waals surface area contributed by atoms with Gasteiger partial charge >= 0.3 is 6.18 Å². The molecule has 1 N–H and O–H groups in total. The Kier molecular flexibility index (Phi) is 5.02. The number of para-hydroxylation sites is 1. The van der Waals surface area contributed by atoms with Gasteiger partial charge in [-0.05, 0) is 29.7 Å². The highest BCUT2D eigenvalue weighted by Gasteiger charge is 2.33. The Morgan fingerprint density at radius 2 is 1.73 bits per heavy atom. The van der Waals surface area contributed by atoms with Crippen molar-refractivity contribution in [2.45, 2.75) is 25.6 Å². The highest BCUT2D eigenvalue weighted by Crippen LogP contribution is 2.32. The first-order valence-corrected chi connectivity index (χ1v) is 8.30. The van der Waals surface area contributed by atoms with E-state index in [1.54, 1.807) is 6.07 Å². The molecule has 0 spiro atoms. The average molecular weight is 360 g/mol. The zero-order chi connectivity index (χ0) is 18.7. The predicted molar refractivity (Wildman–Crippen MR) is 94.5 cm³/mol. The van der Waals surface area contributed by atoms with E-state index in [4.69, 9.17) is 0 Å². The smallest absolute Gasteiger partial charge is 0.361 e. The predicted octanol–water partition coefficient (Wildman–Crippen LogP) is 4.78. The SMILES string of the molecule is CN(Cc1ccccc1C(F)(F)F)C(=O)CCc1c[nH]c2ccccc12. The Morgan fingerprint density at radius 1 is 1.04 bits per heavy atom. The number of carbonyl (C=O) groups excluding carboxylic acids is 1. The van der Waals surface area contributed by atoms with E-state index in [0.717, 1.165) is 22.5 Å². The first-order valence-electron chi connectivity index (χ1n) is 8.30. The van der Waals surface area contributed by atoms with Crippen LogP contribution in [0.15, 0.2) is 54.7 Å². The minimum atomic E-state index is -4.43. The molecule has 136 valence electrons. The summed E-state index contributed by atoms with van der Waals surface area (Å²) in [5.74, 6) is -0.188. The lowest BCUT2D eigenvalue weighted by Crippen LogP contribution is -2.27. The number of hydrogen-bond acceptors (Lipinski definition) is 1. The number of benzene rings is 2. The van der Waals surface area contributed by atoms with Gasteiger partial charge in [-0.1, -0.05) is 36.4 Å². The fourth-order valence-corrected chi connectivity index (χ4v) is 3.05. The molecule has 3 aromatic rings. The van der Waals surface area contributed by atoms with Crippen LogP contribution in [0, 0.1) is 0 Å². The van der Waals surface area contributed by atoms with Gasteiger partial charge in [0.1, 0.15) is 0 Å². The Bertz CT molecular complexity index is 915. The molecule has 0 atom stereocenters. The zero-order valence-electron chi connectivity index (χ0n) is 14.3. The van der Waals surface area contributed by atoms with Crippen LogP contribution in [0.4, 0.5) is 13.2 Å². The molecule has 0 radical (unpaired) electrons. The maximum absolute atomic E-state index is 13.1. The number of aromatic nitrogens is 1. The van der Waals surface area contributed by atoms with E-state index in [0.29, 0.717) is 6.42 Å². The first kappa shape index (κ1) is 18.0. The molecule has 26 heavy (non-hydrogen) atoms. The molecule has 0 saturated carbocycles. The van der Waals surface area contributed by atoms with E-state index in [2.05, 4.69) is 4.98 Å². The second-order valence-electron chi connectivity index (χ2n) is 6.26. The van der Waals surface area contributed by atoms with Crippen molar-refractivity contribution in [2.75, 3.05) is 7.05 Å². The van der Waals surface area contributed by atoms with Gasteiger partial charge in [-0.3, -0.25) is 4.79 Å². The molecule has 0 fully saturated rings. The molecular formula is C20H19F3N2O. The fraction of sp³-hybridized carbons (Fsp3) is 0.250. The number of amides is 1. The summed E-state index contributed by atoms with van der Waals surface area (Å²) in [6.45, 7) is -0.0671. The van der Waals surface area contributed by atoms with E-state index in [9.17, 15) is 18.0 Å². The summed E-state index contributed by atoms with van der Waals surface area (Å²) >= 11 is 0. The Hall–Kier alpha value is -2.76. The van der Waals surface area contributed by atoms with Crippen LogP contribution >= 0.6 is 0 Å². The van der Waals surface area contributed by atoms with Crippen molar-refractivity contribution >= 4 is 16.8 Å². The van der Waals surface area contributed by atoms with Crippen molar-refractivity contribution < 1.29 is 18.0 Å². The van der Waals surface area contributed by atoms with Crippen LogP contribution in [0.25, 0.3) is 10.9 Å². The van der Waals surface area contributed by atoms with Gasteiger partial charge in [0, 0.05) is 37.1 Å². The second-order valence-corrected chi connectivity index (χ2v) is 6.26. The molecule has 1 aromatic heterocycles. The molecule has 2 aromatic carbocycles. The minimum absolute atomic E-state index is 0.0671. The Labute approximate surface area is 149 Å². The number of halogens is 3. The molecule has 1 amide bonds. The second kappa shape index (κ2) is 7.23. The molecule has 0 aliphatic rings. The third kappa shape index (κ3) is 3.90. The number of rotatable bonds is 5. The Morgan fingerprint density at radius 3 is 2.50 bits per heavy atom. The minimum Gasteiger partial charge on any atom is -0.361 e. The number of aryl methyl sites for hydroxylation is 1. The summed E-state index contributed by atoms with van der Waals surface area (Å²) in [7, 11) is 1.53. The molecule has 6 heteroatoms. The summed E-state index contributed by atoms with van der Waals surface area (Å²) in [6, 6.07) is 13.2. The fourth-order valence-electron chi connectivity index (χ4n) is 3.05. The molecule has 3 rings (SSSR count). The normalized spacial score (nSPS) is 11.7. The van der Waals surface area contributed by atoms with Gasteiger partial charge in [-0.25, -0.2) is 0 Å². The van der Waals surface area contributed by atoms with Gasteiger partial charge in [0.15, 0.2) is 0 Å². The van der Waals surface area contributed by atoms with Crippen LogP contribution in [0.5, 0.6) is 0 Å². The third-order valence-corrected chi connectivity index (χ3v) is 4.44. The molecular weight excluding hydrogens is 341 g/mol. The van der Waals surface area contributed by atoms with Crippen molar-refractivity contribution in [3.63, 3.8) is 0 Å². The van der Waals surface area contributed by atoms with Gasteiger partial charge in [0.05, 0.1) is 5.56 Å². The number of carbonyl (C=O) groups is 1. The zero-order valence-corrected chi connectivity index (χ0v) is 14.3. The van der Waals surface area contributed by atoms with Crippen molar-refractivity contribution in [3.05, 3.63) is 71.4 Å². The summed E-state index contributed by atoms with van der Waals surface area (Å²) in [6.07, 6.45) is -1.78. The first-order chi connectivity index (χ1) is 12.4. The highest BCUT2D eigenvalue weighted by atomic mass is 19.4. The van der Waals surface area contributed by atoms with Crippen LogP contribution in [-0.2, 0) is 23.9 Å². The molecule has 0 saturated heterocycles. The topological polar surface area (TPSA) is 36.1 Å². The lowest BCUT2D eigenvalue weighted by molar-refractivity contribution is -0.139. The lowest BCUT2D eigenvalue weighted by Gasteiger charge is -2.20. The Balaban J connectivity index is 1.66. The molecule has 0 aliphatic carbocycles. The maximum atomic E-state index is 13.1. The standard InChI is InChI=1S/C20H19F3N2O/c1-25(13-15-6-2-4-8-17(15)20(21,22)23)19(26)11-10-14-12-24-18-9-5-3-7-16(14)18/h2-9,12,24H,10-11,13H2,1H3. The van der Waals surface area contributed by atoms with Crippen LogP contribution in [-0.4, -0.2) is 22.8 Å². The van der Waals surface area contributed by atoms with E-state index in [-0.39, 0.29) is 24.4 Å². The van der Waals surface area contributed by atoms with Gasteiger partial charge in [-0.2, -0.15) is 13.2 Å². The van der Waals surface area contributed by atoms with Crippen LogP contribution in [0.3, 0.4) is 0 Å². The summed E-state index contributed by atoms with van der Waals surface area (Å²) in [5, 5.41) is 1.06. The van der Waals surface area contributed by atoms with Gasteiger partial charge in [0.2, 0.25) is 5.91 Å². The van der Waals surface area contributed by atoms with Gasteiger partial charge in [0.25, 0.3) is 0 Å². The molecule has 3 nitrogen and oxygen atoms in total. The van der Waals surface area contributed by atoms with Gasteiger partial charge in [-0.15, -0.1) is 0 Å². The number of H-pyrrole nitrogens is 1. The third-order valence-electron chi connectivity index (χ3n) is 4.44. The maximum Gasteiger partial charge on any atom is 0.416 e. The molecule has 0 aliphatic heterocycles. The van der Waals surface area contributed by atoms with Crippen molar-refractivity contribution in [1.82, 2.24) is 9.88 Å². The number of aromatic amines is 1. The molecule has 1 heterocycles. The van der Waals surface area contributed by atoms with Crippen LogP contribution in [0.1, 0.15) is 23.1 Å². The number of nitrogens with one attached hydrogen (secondary N) is 1. The summed E-state index contributed by atoms with van der Waals surface area (Å²) in [4.78, 5) is 16.9. The average Bonchev–Trinajstić information content (AvgIpc) is 3.02. The van der Waals surface area contributed by atoms with E-state index in [1.165, 1.54) is 24.1 Å². The van der Waals surface area contributed by atoms with E-state index in [1.807, 2.05) is 30.5 Å². The molecule has 0 bridgehead atoms. The summed E-state index contributed by atoms with van der Waals surface area (Å²) < 4.78 is 39.2. The van der Waals surface area contributed by atoms with E-state index < -0.39 is 11.7 Å². The number of alkyl halides is 3. The molecule has 0 unspecified atom stereocenters. The van der Waals surface area contributed by atoms with Crippen molar-refractivity contribution in [1.29, 1.82) is 0 Å². The number of nitrogens with zero attached hydrogens (tertiary/aromatic N) is 1.